The number of nitrogens with zero attached hydrogens (tertiary/aromatic N) is 2. The van der Waals surface area contributed by atoms with Gasteiger partial charge >= 0.3 is 0 Å². The third-order valence-corrected chi connectivity index (χ3v) is 4.16. The minimum atomic E-state index is -3.47. The molecule has 7 heteroatoms. The van der Waals surface area contributed by atoms with Crippen molar-refractivity contribution in [1.82, 2.24) is 14.5 Å². The molecule has 2 N–H and O–H groups in total. The van der Waals surface area contributed by atoms with Gasteiger partial charge in [0.25, 0.3) is 0 Å². The molecular weight excluding hydrogens is 254 g/mol. The SMILES string of the molecule is CCC(C)CNS(=O)(=O)c1cnn(CCCO)c1. The van der Waals surface area contributed by atoms with Gasteiger partial charge in [0.05, 0.1) is 6.20 Å². The van der Waals surface area contributed by atoms with Crippen LogP contribution in [0.25, 0.3) is 0 Å². The zero-order valence-electron chi connectivity index (χ0n) is 10.8. The van der Waals surface area contributed by atoms with E-state index in [-0.39, 0.29) is 11.5 Å². The average molecular weight is 275 g/mol. The number of aliphatic hydroxyl groups excluding tert-OH is 1. The molecule has 0 aliphatic heterocycles. The second-order valence-electron chi connectivity index (χ2n) is 4.38. The molecule has 0 radical (unpaired) electrons. The maximum Gasteiger partial charge on any atom is 0.243 e. The van der Waals surface area contributed by atoms with Crippen molar-refractivity contribution in [3.63, 3.8) is 0 Å². The molecule has 6 nitrogen and oxygen atoms in total. The van der Waals surface area contributed by atoms with Gasteiger partial charge in [-0.15, -0.1) is 0 Å². The van der Waals surface area contributed by atoms with Crippen LogP contribution >= 0.6 is 0 Å². The Morgan fingerprint density at radius 2 is 2.28 bits per heavy atom. The van der Waals surface area contributed by atoms with Crippen molar-refractivity contribution < 1.29 is 13.5 Å². The molecule has 0 saturated carbocycles. The highest BCUT2D eigenvalue weighted by Crippen LogP contribution is 2.08. The van der Waals surface area contributed by atoms with Crippen LogP contribution in [0, 0.1) is 5.92 Å². The summed E-state index contributed by atoms with van der Waals surface area (Å²) in [7, 11) is -3.47. The predicted molar refractivity (Wildman–Crippen MR) is 68.6 cm³/mol. The van der Waals surface area contributed by atoms with Crippen LogP contribution < -0.4 is 4.72 Å². The van der Waals surface area contributed by atoms with E-state index in [1.54, 1.807) is 0 Å². The molecule has 0 fully saturated rings. The first-order chi connectivity index (χ1) is 8.49. The molecule has 0 aromatic carbocycles. The van der Waals surface area contributed by atoms with Crippen LogP contribution in [0.5, 0.6) is 0 Å². The Bertz CT molecular complexity index is 456. The van der Waals surface area contributed by atoms with Crippen LogP contribution in [-0.2, 0) is 16.6 Å². The Kier molecular flexibility index (Phi) is 5.77. The maximum atomic E-state index is 11.9. The summed E-state index contributed by atoms with van der Waals surface area (Å²) in [5, 5.41) is 12.6. The summed E-state index contributed by atoms with van der Waals surface area (Å²) in [6, 6.07) is 0. The van der Waals surface area contributed by atoms with Crippen molar-refractivity contribution in [3.8, 4) is 0 Å². The summed E-state index contributed by atoms with van der Waals surface area (Å²) in [6.45, 7) is 5.02. The van der Waals surface area contributed by atoms with Crippen molar-refractivity contribution in [3.05, 3.63) is 12.4 Å². The van der Waals surface area contributed by atoms with Gasteiger partial charge in [-0.2, -0.15) is 5.10 Å². The first-order valence-electron chi connectivity index (χ1n) is 6.12. The molecule has 1 atom stereocenters. The summed E-state index contributed by atoms with van der Waals surface area (Å²) in [6.07, 6.45) is 4.30. The Hall–Kier alpha value is -0.920. The van der Waals surface area contributed by atoms with Gasteiger partial charge in [-0.25, -0.2) is 13.1 Å². The van der Waals surface area contributed by atoms with Crippen LogP contribution in [-0.4, -0.2) is 36.5 Å². The lowest BCUT2D eigenvalue weighted by atomic mass is 10.1. The topological polar surface area (TPSA) is 84.2 Å². The number of aryl methyl sites for hydroxylation is 1. The molecule has 1 heterocycles. The molecule has 18 heavy (non-hydrogen) atoms. The highest BCUT2D eigenvalue weighted by molar-refractivity contribution is 7.89. The van der Waals surface area contributed by atoms with E-state index < -0.39 is 10.0 Å². The van der Waals surface area contributed by atoms with Gasteiger partial charge in [0.15, 0.2) is 0 Å². The number of sulfonamides is 1. The standard InChI is InChI=1S/C11H21N3O3S/c1-3-10(2)7-13-18(16,17)11-8-12-14(9-11)5-4-6-15/h8-10,13,15H,3-7H2,1-2H3. The summed E-state index contributed by atoms with van der Waals surface area (Å²) < 4.78 is 27.9. The summed E-state index contributed by atoms with van der Waals surface area (Å²) in [4.78, 5) is 0.170. The van der Waals surface area contributed by atoms with Crippen LogP contribution in [0.1, 0.15) is 26.7 Å². The molecule has 1 unspecified atom stereocenters. The lowest BCUT2D eigenvalue weighted by Gasteiger charge is -2.09. The number of rotatable bonds is 8. The van der Waals surface area contributed by atoms with E-state index in [0.717, 1.165) is 6.42 Å². The van der Waals surface area contributed by atoms with Crippen molar-refractivity contribution in [2.75, 3.05) is 13.2 Å². The van der Waals surface area contributed by atoms with Crippen molar-refractivity contribution >= 4 is 10.0 Å². The minimum Gasteiger partial charge on any atom is -0.396 e. The lowest BCUT2D eigenvalue weighted by Crippen LogP contribution is -2.28. The van der Waals surface area contributed by atoms with E-state index in [0.29, 0.717) is 25.4 Å². The summed E-state index contributed by atoms with van der Waals surface area (Å²) in [5.41, 5.74) is 0. The molecule has 0 spiro atoms. The zero-order valence-corrected chi connectivity index (χ0v) is 11.7. The summed E-state index contributed by atoms with van der Waals surface area (Å²) >= 11 is 0. The molecule has 0 aliphatic rings. The molecule has 0 saturated heterocycles. The molecule has 0 bridgehead atoms. The number of hydrogen-bond donors (Lipinski definition) is 2. The van der Waals surface area contributed by atoms with Crippen LogP contribution in [0.3, 0.4) is 0 Å². The Morgan fingerprint density at radius 3 is 2.89 bits per heavy atom. The number of hydrogen-bond acceptors (Lipinski definition) is 4. The molecular formula is C11H21N3O3S. The number of aromatic nitrogens is 2. The molecule has 1 rings (SSSR count). The van der Waals surface area contributed by atoms with E-state index in [9.17, 15) is 8.42 Å². The third-order valence-electron chi connectivity index (χ3n) is 2.78. The van der Waals surface area contributed by atoms with E-state index >= 15 is 0 Å². The van der Waals surface area contributed by atoms with E-state index in [2.05, 4.69) is 9.82 Å². The third kappa shape index (κ3) is 4.40. The second kappa shape index (κ2) is 6.86. The maximum absolute atomic E-state index is 11.9. The molecule has 0 aliphatic carbocycles. The number of aliphatic hydroxyl groups is 1. The van der Waals surface area contributed by atoms with Gasteiger partial charge < -0.3 is 5.11 Å². The Labute approximate surface area is 108 Å². The number of nitrogens with one attached hydrogen (secondary N) is 1. The van der Waals surface area contributed by atoms with Gasteiger partial charge in [-0.05, 0) is 12.3 Å². The molecule has 0 amide bonds. The Morgan fingerprint density at radius 1 is 1.56 bits per heavy atom. The minimum absolute atomic E-state index is 0.0637. The molecule has 1 aromatic rings. The fraction of sp³-hybridized carbons (Fsp3) is 0.727. The lowest BCUT2D eigenvalue weighted by molar-refractivity contribution is 0.277. The van der Waals surface area contributed by atoms with E-state index in [1.165, 1.54) is 17.1 Å². The van der Waals surface area contributed by atoms with Crippen LogP contribution in [0.4, 0.5) is 0 Å². The van der Waals surface area contributed by atoms with E-state index in [1.807, 2.05) is 13.8 Å². The highest BCUT2D eigenvalue weighted by Gasteiger charge is 2.16. The van der Waals surface area contributed by atoms with Crippen molar-refractivity contribution in [2.24, 2.45) is 5.92 Å². The summed E-state index contributed by atoms with van der Waals surface area (Å²) in [5.74, 6) is 0.309. The fourth-order valence-corrected chi connectivity index (χ4v) is 2.43. The van der Waals surface area contributed by atoms with Crippen molar-refractivity contribution in [2.45, 2.75) is 38.1 Å². The fourth-order valence-electron chi connectivity index (χ4n) is 1.32. The van der Waals surface area contributed by atoms with Gasteiger partial charge in [-0.1, -0.05) is 20.3 Å². The normalized spacial score (nSPS) is 13.7. The van der Waals surface area contributed by atoms with Crippen LogP contribution in [0.15, 0.2) is 17.3 Å². The second-order valence-corrected chi connectivity index (χ2v) is 6.15. The van der Waals surface area contributed by atoms with Gasteiger partial charge in [-0.3, -0.25) is 4.68 Å². The van der Waals surface area contributed by atoms with Gasteiger partial charge in [0, 0.05) is 25.9 Å². The molecule has 104 valence electrons. The first kappa shape index (κ1) is 15.1. The van der Waals surface area contributed by atoms with E-state index in [4.69, 9.17) is 5.11 Å². The predicted octanol–water partition coefficient (Wildman–Crippen LogP) is 0.590. The first-order valence-corrected chi connectivity index (χ1v) is 7.61. The van der Waals surface area contributed by atoms with Gasteiger partial charge in [0.2, 0.25) is 10.0 Å². The monoisotopic (exact) mass is 275 g/mol. The van der Waals surface area contributed by atoms with Crippen molar-refractivity contribution in [1.29, 1.82) is 0 Å². The smallest absolute Gasteiger partial charge is 0.243 e. The Balaban J connectivity index is 2.64. The van der Waals surface area contributed by atoms with Gasteiger partial charge in [0.1, 0.15) is 4.90 Å². The average Bonchev–Trinajstić information content (AvgIpc) is 2.83. The zero-order chi connectivity index (χ0) is 13.6. The van der Waals surface area contributed by atoms with Crippen LogP contribution in [0.2, 0.25) is 0 Å². The largest absolute Gasteiger partial charge is 0.396 e. The highest BCUT2D eigenvalue weighted by atomic mass is 32.2. The molecule has 1 aromatic heterocycles. The quantitative estimate of drug-likeness (QED) is 0.727.